The summed E-state index contributed by atoms with van der Waals surface area (Å²) in [4.78, 5) is 12.4. The second-order valence-corrected chi connectivity index (χ2v) is 4.39. The number of hydrogen-bond donors (Lipinski definition) is 1. The summed E-state index contributed by atoms with van der Waals surface area (Å²) in [6.45, 7) is -0.0498. The van der Waals surface area contributed by atoms with Crippen LogP contribution in [-0.2, 0) is 4.79 Å². The van der Waals surface area contributed by atoms with E-state index in [0.29, 0.717) is 5.75 Å². The van der Waals surface area contributed by atoms with Gasteiger partial charge in [-0.2, -0.15) is 5.10 Å². The number of carbonyl (C=O) groups excluding carboxylic acids is 1. The summed E-state index contributed by atoms with van der Waals surface area (Å²) < 4.78 is 5.27. The number of amides is 1. The Bertz CT molecular complexity index is 509. The Morgan fingerprint density at radius 2 is 2.11 bits per heavy atom. The summed E-state index contributed by atoms with van der Waals surface area (Å²) in [5.41, 5.74) is 2.40. The van der Waals surface area contributed by atoms with Crippen LogP contribution in [0.25, 0.3) is 0 Å². The number of thiophene rings is 1. The van der Waals surface area contributed by atoms with Crippen molar-refractivity contribution in [2.24, 2.45) is 5.10 Å². The molecule has 2 aromatic rings. The maximum Gasteiger partial charge on any atom is 0.277 e. The molecular weight excluding hydrogens is 248 g/mol. The maximum atomic E-state index is 11.4. The van der Waals surface area contributed by atoms with Crippen LogP contribution < -0.4 is 10.2 Å². The molecule has 1 aromatic carbocycles. The van der Waals surface area contributed by atoms with Crippen molar-refractivity contribution in [3.05, 3.63) is 52.7 Å². The zero-order valence-electron chi connectivity index (χ0n) is 9.58. The van der Waals surface area contributed by atoms with Gasteiger partial charge < -0.3 is 4.74 Å². The Morgan fingerprint density at radius 1 is 1.28 bits per heavy atom. The summed E-state index contributed by atoms with van der Waals surface area (Å²) in [6.07, 6.45) is 1.60. The highest BCUT2D eigenvalue weighted by Gasteiger charge is 2.00. The lowest BCUT2D eigenvalue weighted by Gasteiger charge is -2.03. The topological polar surface area (TPSA) is 50.7 Å². The highest BCUT2D eigenvalue weighted by Crippen LogP contribution is 2.07. The molecule has 1 amide bonds. The molecule has 0 unspecified atom stereocenters. The molecule has 0 radical (unpaired) electrons. The van der Waals surface area contributed by atoms with Crippen LogP contribution in [0.15, 0.2) is 52.9 Å². The smallest absolute Gasteiger partial charge is 0.277 e. The van der Waals surface area contributed by atoms with Gasteiger partial charge in [-0.3, -0.25) is 4.79 Å². The van der Waals surface area contributed by atoms with E-state index < -0.39 is 0 Å². The number of nitrogens with zero attached hydrogens (tertiary/aromatic N) is 1. The van der Waals surface area contributed by atoms with Gasteiger partial charge in [-0.25, -0.2) is 5.43 Å². The molecule has 0 aliphatic rings. The summed E-state index contributed by atoms with van der Waals surface area (Å²) >= 11 is 1.55. The first-order valence-corrected chi connectivity index (χ1v) is 6.26. The van der Waals surface area contributed by atoms with Crippen molar-refractivity contribution < 1.29 is 9.53 Å². The maximum absolute atomic E-state index is 11.4. The summed E-state index contributed by atoms with van der Waals surface area (Å²) in [7, 11) is 0. The fraction of sp³-hybridized carbons (Fsp3) is 0.0769. The zero-order chi connectivity index (χ0) is 12.6. The van der Waals surface area contributed by atoms with Gasteiger partial charge in [0.25, 0.3) is 5.91 Å². The van der Waals surface area contributed by atoms with Gasteiger partial charge in [-0.05, 0) is 23.6 Å². The van der Waals surface area contributed by atoms with Crippen molar-refractivity contribution in [3.8, 4) is 5.75 Å². The van der Waals surface area contributed by atoms with Crippen molar-refractivity contribution in [1.29, 1.82) is 0 Å². The van der Waals surface area contributed by atoms with Crippen LogP contribution in [0.2, 0.25) is 0 Å². The third-order valence-electron chi connectivity index (χ3n) is 2.04. The Balaban J connectivity index is 1.73. The third kappa shape index (κ3) is 4.03. The lowest BCUT2D eigenvalue weighted by atomic mass is 10.3. The number of benzene rings is 1. The molecule has 92 valence electrons. The number of hydrogen-bond acceptors (Lipinski definition) is 4. The van der Waals surface area contributed by atoms with Gasteiger partial charge in [0.2, 0.25) is 0 Å². The first kappa shape index (κ1) is 12.3. The number of rotatable bonds is 5. The molecule has 5 heteroatoms. The molecular formula is C13H12N2O2S. The number of hydrazone groups is 1. The number of nitrogens with one attached hydrogen (secondary N) is 1. The molecule has 4 nitrogen and oxygen atoms in total. The molecule has 0 atom stereocenters. The molecule has 1 N–H and O–H groups in total. The summed E-state index contributed by atoms with van der Waals surface area (Å²) in [6, 6.07) is 13.0. The Hall–Kier alpha value is -2.14. The largest absolute Gasteiger partial charge is 0.484 e. The van der Waals surface area contributed by atoms with E-state index in [-0.39, 0.29) is 12.5 Å². The van der Waals surface area contributed by atoms with Crippen molar-refractivity contribution >= 4 is 23.5 Å². The Kier molecular flexibility index (Phi) is 4.49. The third-order valence-corrected chi connectivity index (χ3v) is 2.84. The standard InChI is InChI=1S/C13H12N2O2S/c16-13(10-17-11-5-2-1-3-6-11)15-14-9-12-7-4-8-18-12/h1-9H,10H2,(H,15,16). The fourth-order valence-corrected chi connectivity index (χ4v) is 1.82. The van der Waals surface area contributed by atoms with Crippen LogP contribution in [-0.4, -0.2) is 18.7 Å². The first-order chi connectivity index (χ1) is 8.84. The molecule has 0 aliphatic heterocycles. The van der Waals surface area contributed by atoms with Crippen LogP contribution in [0.4, 0.5) is 0 Å². The summed E-state index contributed by atoms with van der Waals surface area (Å²) in [5, 5.41) is 5.78. The lowest BCUT2D eigenvalue weighted by molar-refractivity contribution is -0.123. The van der Waals surface area contributed by atoms with Crippen molar-refractivity contribution in [2.45, 2.75) is 0 Å². The van der Waals surface area contributed by atoms with E-state index in [0.717, 1.165) is 4.88 Å². The van der Waals surface area contributed by atoms with Crippen LogP contribution in [0, 0.1) is 0 Å². The van der Waals surface area contributed by atoms with E-state index in [1.165, 1.54) is 0 Å². The SMILES string of the molecule is O=C(COc1ccccc1)NN=Cc1cccs1. The molecule has 2 rings (SSSR count). The minimum absolute atomic E-state index is 0.0498. The van der Waals surface area contributed by atoms with E-state index in [1.54, 1.807) is 29.7 Å². The highest BCUT2D eigenvalue weighted by atomic mass is 32.1. The van der Waals surface area contributed by atoms with Crippen LogP contribution in [0.5, 0.6) is 5.75 Å². The quantitative estimate of drug-likeness (QED) is 0.662. The number of para-hydroxylation sites is 1. The first-order valence-electron chi connectivity index (χ1n) is 5.38. The average Bonchev–Trinajstić information content (AvgIpc) is 2.91. The predicted molar refractivity (Wildman–Crippen MR) is 72.0 cm³/mol. The van der Waals surface area contributed by atoms with Crippen LogP contribution in [0.3, 0.4) is 0 Å². The average molecular weight is 260 g/mol. The van der Waals surface area contributed by atoms with Crippen molar-refractivity contribution in [2.75, 3.05) is 6.61 Å². The minimum Gasteiger partial charge on any atom is -0.484 e. The minimum atomic E-state index is -0.286. The Morgan fingerprint density at radius 3 is 2.83 bits per heavy atom. The van der Waals surface area contributed by atoms with Gasteiger partial charge in [0, 0.05) is 4.88 Å². The van der Waals surface area contributed by atoms with Gasteiger partial charge in [-0.15, -0.1) is 11.3 Å². The molecule has 0 saturated heterocycles. The molecule has 1 heterocycles. The van der Waals surface area contributed by atoms with E-state index in [9.17, 15) is 4.79 Å². The normalized spacial score (nSPS) is 10.4. The predicted octanol–water partition coefficient (Wildman–Crippen LogP) is 2.28. The van der Waals surface area contributed by atoms with Crippen LogP contribution in [0.1, 0.15) is 4.88 Å². The van der Waals surface area contributed by atoms with E-state index >= 15 is 0 Å². The molecule has 0 spiro atoms. The number of carbonyl (C=O) groups is 1. The highest BCUT2D eigenvalue weighted by molar-refractivity contribution is 7.11. The molecule has 0 saturated carbocycles. The van der Waals surface area contributed by atoms with Gasteiger partial charge in [0.15, 0.2) is 6.61 Å². The van der Waals surface area contributed by atoms with E-state index in [4.69, 9.17) is 4.74 Å². The molecule has 0 bridgehead atoms. The van der Waals surface area contributed by atoms with Gasteiger partial charge in [-0.1, -0.05) is 24.3 Å². The molecule has 0 aliphatic carbocycles. The van der Waals surface area contributed by atoms with Gasteiger partial charge >= 0.3 is 0 Å². The fourth-order valence-electron chi connectivity index (χ4n) is 1.23. The number of ether oxygens (including phenoxy) is 1. The zero-order valence-corrected chi connectivity index (χ0v) is 10.4. The second-order valence-electron chi connectivity index (χ2n) is 3.41. The van der Waals surface area contributed by atoms with E-state index in [2.05, 4.69) is 10.5 Å². The van der Waals surface area contributed by atoms with Crippen molar-refractivity contribution in [3.63, 3.8) is 0 Å². The second kappa shape index (κ2) is 6.56. The van der Waals surface area contributed by atoms with Gasteiger partial charge in [0.05, 0.1) is 6.21 Å². The monoisotopic (exact) mass is 260 g/mol. The van der Waals surface area contributed by atoms with E-state index in [1.807, 2.05) is 35.7 Å². The molecule has 18 heavy (non-hydrogen) atoms. The summed E-state index contributed by atoms with van der Waals surface area (Å²) in [5.74, 6) is 0.376. The molecule has 0 fully saturated rings. The lowest BCUT2D eigenvalue weighted by Crippen LogP contribution is -2.24. The van der Waals surface area contributed by atoms with Gasteiger partial charge in [0.1, 0.15) is 5.75 Å². The molecule has 1 aromatic heterocycles. The van der Waals surface area contributed by atoms with Crippen molar-refractivity contribution in [1.82, 2.24) is 5.43 Å². The Labute approximate surface area is 109 Å². The van der Waals surface area contributed by atoms with Crippen LogP contribution >= 0.6 is 11.3 Å².